The quantitative estimate of drug-likeness (QED) is 0.851. The van der Waals surface area contributed by atoms with E-state index in [1.54, 1.807) is 0 Å². The number of carbonyl (C=O) groups excluding carboxylic acids is 1. The van der Waals surface area contributed by atoms with E-state index in [0.29, 0.717) is 0 Å². The molecule has 1 aliphatic rings. The highest BCUT2D eigenvalue weighted by molar-refractivity contribution is 6.00. The minimum atomic E-state index is -1.48. The fourth-order valence-electron chi connectivity index (χ4n) is 2.71. The molecule has 1 N–H and O–H groups in total. The molecule has 1 heterocycles. The molecule has 0 saturated carbocycles. The van der Waals surface area contributed by atoms with Crippen LogP contribution in [0.5, 0.6) is 0 Å². The van der Waals surface area contributed by atoms with Crippen LogP contribution in [0.4, 0.5) is 0 Å². The largest absolute Gasteiger partial charge is 0.545 e. The van der Waals surface area contributed by atoms with Gasteiger partial charge in [-0.1, -0.05) is 18.2 Å². The lowest BCUT2D eigenvalue weighted by molar-refractivity contribution is -0.913. The third kappa shape index (κ3) is 4.56. The van der Waals surface area contributed by atoms with Gasteiger partial charge in [0.1, 0.15) is 0 Å². The van der Waals surface area contributed by atoms with Gasteiger partial charge in [0.2, 0.25) is 0 Å². The molecule has 21 heavy (non-hydrogen) atoms. The van der Waals surface area contributed by atoms with Crippen LogP contribution in [0, 0.1) is 0 Å². The Balaban J connectivity index is 0.000000219. The van der Waals surface area contributed by atoms with Crippen molar-refractivity contribution in [2.45, 2.75) is 26.7 Å². The number of rotatable bonds is 4. The summed E-state index contributed by atoms with van der Waals surface area (Å²) in [5.41, 5.74) is -0.553. The number of likely N-dealkylation sites (tertiary alicyclic amines) is 1. The Morgan fingerprint density at radius 1 is 1.10 bits per heavy atom. The van der Waals surface area contributed by atoms with Gasteiger partial charge in [-0.05, 0) is 19.9 Å². The van der Waals surface area contributed by atoms with Crippen LogP contribution in [0.15, 0.2) is 24.3 Å². The first kappa shape index (κ1) is 17.2. The highest BCUT2D eigenvalue weighted by Gasteiger charge is 2.27. The van der Waals surface area contributed by atoms with E-state index in [-0.39, 0.29) is 11.1 Å². The van der Waals surface area contributed by atoms with E-state index in [1.165, 1.54) is 67.8 Å². The lowest BCUT2D eigenvalue weighted by atomic mass is 10.1. The molecule has 0 unspecified atom stereocenters. The maximum Gasteiger partial charge on any atom is 0.336 e. The maximum atomic E-state index is 10.4. The molecule has 0 radical (unpaired) electrons. The molecule has 1 aromatic carbocycles. The summed E-state index contributed by atoms with van der Waals surface area (Å²) in [5.74, 6) is -2.75. The Hall–Kier alpha value is -1.88. The first-order chi connectivity index (χ1) is 9.95. The van der Waals surface area contributed by atoms with Crippen molar-refractivity contribution in [3.05, 3.63) is 35.4 Å². The fourth-order valence-corrected chi connectivity index (χ4v) is 2.71. The fraction of sp³-hybridized carbons (Fsp3) is 0.500. The predicted octanol–water partition coefficient (Wildman–Crippen LogP) is 1.39. The number of hydrogen-bond donors (Lipinski definition) is 1. The highest BCUT2D eigenvalue weighted by atomic mass is 16.4. The van der Waals surface area contributed by atoms with Crippen LogP contribution in [-0.2, 0) is 0 Å². The summed E-state index contributed by atoms with van der Waals surface area (Å²) in [5, 5.41) is 18.9. The number of carboxylic acid groups (broad SMARTS) is 2. The number of quaternary nitrogens is 1. The summed E-state index contributed by atoms with van der Waals surface area (Å²) in [6.07, 6.45) is 2.92. The second kappa shape index (κ2) is 7.78. The molecule has 1 fully saturated rings. The summed E-state index contributed by atoms with van der Waals surface area (Å²) in [7, 11) is 0. The number of hydrogen-bond acceptors (Lipinski definition) is 3. The topological polar surface area (TPSA) is 77.4 Å². The van der Waals surface area contributed by atoms with Crippen molar-refractivity contribution in [2.75, 3.05) is 26.2 Å². The third-order valence-corrected chi connectivity index (χ3v) is 4.23. The van der Waals surface area contributed by atoms with Gasteiger partial charge >= 0.3 is 5.97 Å². The minimum Gasteiger partial charge on any atom is -0.545 e. The van der Waals surface area contributed by atoms with Gasteiger partial charge in [-0.3, -0.25) is 0 Å². The van der Waals surface area contributed by atoms with Crippen LogP contribution >= 0.6 is 0 Å². The Morgan fingerprint density at radius 2 is 1.57 bits per heavy atom. The molecular weight excluding hydrogens is 270 g/mol. The Labute approximate surface area is 125 Å². The Bertz CT molecular complexity index is 454. The van der Waals surface area contributed by atoms with Gasteiger partial charge in [-0.15, -0.1) is 0 Å². The van der Waals surface area contributed by atoms with Crippen LogP contribution in [0.25, 0.3) is 0 Å². The monoisotopic (exact) mass is 293 g/mol. The molecule has 116 valence electrons. The van der Waals surface area contributed by atoms with Crippen molar-refractivity contribution in [3.63, 3.8) is 0 Å². The summed E-state index contributed by atoms with van der Waals surface area (Å²) in [6, 6.07) is 5.31. The molecule has 1 saturated heterocycles. The normalized spacial score (nSPS) is 15.9. The molecule has 0 aromatic heterocycles. The molecule has 5 heteroatoms. The molecule has 0 amide bonds. The van der Waals surface area contributed by atoms with Crippen LogP contribution in [0.3, 0.4) is 0 Å². The zero-order valence-electron chi connectivity index (χ0n) is 12.7. The summed E-state index contributed by atoms with van der Waals surface area (Å²) >= 11 is 0. The van der Waals surface area contributed by atoms with Crippen molar-refractivity contribution in [2.24, 2.45) is 0 Å². The summed E-state index contributed by atoms with van der Waals surface area (Å²) < 4.78 is 1.39. The molecular formula is C16H23NO4. The smallest absolute Gasteiger partial charge is 0.336 e. The van der Waals surface area contributed by atoms with Crippen molar-refractivity contribution >= 4 is 11.9 Å². The average Bonchev–Trinajstić information content (AvgIpc) is 2.97. The second-order valence-electron chi connectivity index (χ2n) is 5.27. The predicted molar refractivity (Wildman–Crippen MR) is 78.0 cm³/mol. The van der Waals surface area contributed by atoms with E-state index in [4.69, 9.17) is 5.11 Å². The molecule has 0 bridgehead atoms. The van der Waals surface area contributed by atoms with E-state index in [0.717, 1.165) is 0 Å². The zero-order valence-corrected chi connectivity index (χ0v) is 12.7. The van der Waals surface area contributed by atoms with E-state index in [2.05, 4.69) is 13.8 Å². The summed E-state index contributed by atoms with van der Waals surface area (Å²) in [6.45, 7) is 10.2. The van der Waals surface area contributed by atoms with Gasteiger partial charge in [-0.2, -0.15) is 0 Å². The lowest BCUT2D eigenvalue weighted by Crippen LogP contribution is -2.44. The number of nitrogens with zero attached hydrogens (tertiary/aromatic N) is 1. The highest BCUT2D eigenvalue weighted by Crippen LogP contribution is 2.17. The number of benzene rings is 1. The molecule has 0 spiro atoms. The van der Waals surface area contributed by atoms with Crippen LogP contribution in [-0.4, -0.2) is 47.7 Å². The van der Waals surface area contributed by atoms with Gasteiger partial charge < -0.3 is 19.5 Å². The molecule has 0 atom stereocenters. The van der Waals surface area contributed by atoms with Crippen molar-refractivity contribution < 1.29 is 24.3 Å². The first-order valence-corrected chi connectivity index (χ1v) is 7.34. The number of carbonyl (C=O) groups is 2. The van der Waals surface area contributed by atoms with Crippen molar-refractivity contribution in [1.29, 1.82) is 0 Å². The van der Waals surface area contributed by atoms with Gasteiger partial charge in [0, 0.05) is 18.4 Å². The molecule has 1 aliphatic heterocycles. The third-order valence-electron chi connectivity index (χ3n) is 4.23. The molecule has 2 rings (SSSR count). The maximum absolute atomic E-state index is 10.4. The summed E-state index contributed by atoms with van der Waals surface area (Å²) in [4.78, 5) is 20.8. The van der Waals surface area contributed by atoms with Gasteiger partial charge in [-0.25, -0.2) is 4.79 Å². The second-order valence-corrected chi connectivity index (χ2v) is 5.27. The van der Waals surface area contributed by atoms with Crippen molar-refractivity contribution in [3.8, 4) is 0 Å². The molecule has 5 nitrogen and oxygen atoms in total. The van der Waals surface area contributed by atoms with Gasteiger partial charge in [0.05, 0.1) is 37.7 Å². The Morgan fingerprint density at radius 3 is 1.86 bits per heavy atom. The standard InChI is InChI=1S/C8H18N.C8H6O4/c1-3-9(4-2)7-5-6-8-9;9-7(10)5-3-1-2-4-6(5)8(11)12/h3-8H2,1-2H3;1-4H,(H,9,10)(H,11,12)/q+1;/p-1. The molecule has 0 aliphatic carbocycles. The SMILES string of the molecule is CC[N+]1(CC)CCCC1.O=C([O-])c1ccccc1C(=O)O. The first-order valence-electron chi connectivity index (χ1n) is 7.34. The van der Waals surface area contributed by atoms with E-state index < -0.39 is 11.9 Å². The van der Waals surface area contributed by atoms with E-state index in [1.807, 2.05) is 0 Å². The van der Waals surface area contributed by atoms with Crippen molar-refractivity contribution in [1.82, 2.24) is 0 Å². The van der Waals surface area contributed by atoms with Gasteiger partial charge in [0.15, 0.2) is 0 Å². The minimum absolute atomic E-state index is 0.252. The van der Waals surface area contributed by atoms with Crippen LogP contribution in [0.2, 0.25) is 0 Å². The van der Waals surface area contributed by atoms with Crippen LogP contribution < -0.4 is 5.11 Å². The lowest BCUT2D eigenvalue weighted by Gasteiger charge is -2.31. The van der Waals surface area contributed by atoms with Crippen LogP contribution in [0.1, 0.15) is 47.4 Å². The Kier molecular flexibility index (Phi) is 6.37. The van der Waals surface area contributed by atoms with Gasteiger partial charge in [0.25, 0.3) is 0 Å². The zero-order chi connectivity index (χ0) is 15.9. The van der Waals surface area contributed by atoms with E-state index in [9.17, 15) is 14.7 Å². The number of carboxylic acids is 2. The van der Waals surface area contributed by atoms with E-state index >= 15 is 0 Å². The number of aromatic carboxylic acids is 2. The average molecular weight is 293 g/mol. The molecule has 1 aromatic rings.